The van der Waals surface area contributed by atoms with E-state index < -0.39 is 11.9 Å². The first-order valence-corrected chi connectivity index (χ1v) is 16.9. The van der Waals surface area contributed by atoms with E-state index in [-0.39, 0.29) is 0 Å². The van der Waals surface area contributed by atoms with Crippen LogP contribution in [0.5, 0.6) is 0 Å². The first-order valence-electron chi connectivity index (χ1n) is 16.9. The second kappa shape index (κ2) is 26.6. The van der Waals surface area contributed by atoms with E-state index in [9.17, 15) is 9.59 Å². The standard InChI is InChI=1S/C18H32O2.C17H30O2/c19-18(20)16-10-8-6-4-2-1-3-5-7-9-13-17-14-11-12-15-17;18-17(19)15-9-7-5-3-1-2-4-6-8-12-16-13-10-11-14-16/h11,14,17H,1-10,12-13,15-16H2,(H,19,20);13H,1-12,14-15H2,(H,18,19)/t17-;/m1./s1. The van der Waals surface area contributed by atoms with Gasteiger partial charge in [0, 0.05) is 12.8 Å². The minimum Gasteiger partial charge on any atom is -0.481 e. The number of carboxylic acid groups (broad SMARTS) is 2. The van der Waals surface area contributed by atoms with E-state index in [1.54, 1.807) is 5.57 Å². The molecule has 0 aromatic rings. The zero-order chi connectivity index (χ0) is 28.2. The van der Waals surface area contributed by atoms with E-state index in [0.717, 1.165) is 31.6 Å². The van der Waals surface area contributed by atoms with Crippen LogP contribution in [0.4, 0.5) is 0 Å². The molecule has 0 unspecified atom stereocenters. The average molecular weight is 547 g/mol. The molecular weight excluding hydrogens is 484 g/mol. The zero-order valence-electron chi connectivity index (χ0n) is 25.3. The molecule has 0 aromatic carbocycles. The van der Waals surface area contributed by atoms with Crippen molar-refractivity contribution in [3.63, 3.8) is 0 Å². The van der Waals surface area contributed by atoms with E-state index in [1.165, 1.54) is 141 Å². The number of unbranched alkanes of at least 4 members (excludes halogenated alkanes) is 17. The minimum absolute atomic E-state index is 0.343. The van der Waals surface area contributed by atoms with Crippen LogP contribution < -0.4 is 0 Å². The third kappa shape index (κ3) is 25.2. The van der Waals surface area contributed by atoms with Gasteiger partial charge in [-0.3, -0.25) is 9.59 Å². The molecule has 2 aliphatic carbocycles. The zero-order valence-corrected chi connectivity index (χ0v) is 25.3. The molecule has 0 saturated carbocycles. The summed E-state index contributed by atoms with van der Waals surface area (Å²) in [7, 11) is 0. The first kappa shape index (κ1) is 35.4. The molecule has 1 atom stereocenters. The predicted molar refractivity (Wildman–Crippen MR) is 165 cm³/mol. The van der Waals surface area contributed by atoms with Crippen molar-refractivity contribution in [3.05, 3.63) is 23.8 Å². The van der Waals surface area contributed by atoms with Gasteiger partial charge in [-0.05, 0) is 70.1 Å². The summed E-state index contributed by atoms with van der Waals surface area (Å²) in [5, 5.41) is 17.0. The lowest BCUT2D eigenvalue weighted by atomic mass is 9.99. The Balaban J connectivity index is 0.000000391. The third-order valence-electron chi connectivity index (χ3n) is 8.35. The van der Waals surface area contributed by atoms with Crippen LogP contribution in [0.1, 0.15) is 180 Å². The molecule has 4 heteroatoms. The SMILES string of the molecule is O=C(O)CCCCCCCCCCCC1=CCCC1.O=C(O)CCCCCCCCCCCC[C@@H]1C=CCC1. The highest BCUT2D eigenvalue weighted by molar-refractivity contribution is 5.66. The molecular formula is C35H62O4. The van der Waals surface area contributed by atoms with E-state index in [2.05, 4.69) is 18.2 Å². The molecule has 39 heavy (non-hydrogen) atoms. The molecule has 4 nitrogen and oxygen atoms in total. The van der Waals surface area contributed by atoms with Crippen molar-refractivity contribution in [2.75, 3.05) is 0 Å². The molecule has 2 aliphatic rings. The highest BCUT2D eigenvalue weighted by atomic mass is 16.4. The molecule has 0 bridgehead atoms. The average Bonchev–Trinajstić information content (AvgIpc) is 3.63. The molecule has 2 rings (SSSR count). The summed E-state index contributed by atoms with van der Waals surface area (Å²) in [6.45, 7) is 0. The maximum Gasteiger partial charge on any atom is 0.303 e. The van der Waals surface area contributed by atoms with Crippen molar-refractivity contribution in [1.29, 1.82) is 0 Å². The Morgan fingerprint density at radius 2 is 1.08 bits per heavy atom. The van der Waals surface area contributed by atoms with Gasteiger partial charge in [-0.1, -0.05) is 127 Å². The summed E-state index contributed by atoms with van der Waals surface area (Å²) in [6.07, 6.45) is 41.3. The van der Waals surface area contributed by atoms with Crippen molar-refractivity contribution in [1.82, 2.24) is 0 Å². The maximum absolute atomic E-state index is 10.3. The predicted octanol–water partition coefficient (Wildman–Crippen LogP) is 11.2. The van der Waals surface area contributed by atoms with Crippen LogP contribution in [-0.4, -0.2) is 22.2 Å². The fourth-order valence-corrected chi connectivity index (χ4v) is 5.86. The number of rotatable bonds is 25. The van der Waals surface area contributed by atoms with Crippen LogP contribution in [0.15, 0.2) is 23.8 Å². The summed E-state index contributed by atoms with van der Waals surface area (Å²) in [5.74, 6) is -0.420. The lowest BCUT2D eigenvalue weighted by Gasteiger charge is -2.06. The van der Waals surface area contributed by atoms with Gasteiger partial charge in [0.2, 0.25) is 0 Å². The molecule has 226 valence electrons. The Hall–Kier alpha value is -1.58. The molecule has 0 spiro atoms. The molecule has 0 amide bonds. The number of allylic oxidation sites excluding steroid dienone is 4. The van der Waals surface area contributed by atoms with Crippen molar-refractivity contribution < 1.29 is 19.8 Å². The summed E-state index contributed by atoms with van der Waals surface area (Å²) in [5.41, 5.74) is 1.71. The lowest BCUT2D eigenvalue weighted by molar-refractivity contribution is -0.138. The Kier molecular flexibility index (Phi) is 24.2. The van der Waals surface area contributed by atoms with Crippen LogP contribution >= 0.6 is 0 Å². The highest BCUT2D eigenvalue weighted by Crippen LogP contribution is 2.24. The highest BCUT2D eigenvalue weighted by Gasteiger charge is 2.08. The number of carboxylic acids is 2. The fraction of sp³-hybridized carbons (Fsp3) is 0.829. The molecule has 0 radical (unpaired) electrons. The van der Waals surface area contributed by atoms with E-state index in [0.29, 0.717) is 12.8 Å². The summed E-state index contributed by atoms with van der Waals surface area (Å²) in [4.78, 5) is 20.7. The normalized spacial score (nSPS) is 16.2. The van der Waals surface area contributed by atoms with Gasteiger partial charge in [0.05, 0.1) is 0 Å². The number of carbonyl (C=O) groups is 2. The molecule has 0 fully saturated rings. The van der Waals surface area contributed by atoms with Crippen LogP contribution in [0.25, 0.3) is 0 Å². The van der Waals surface area contributed by atoms with Gasteiger partial charge < -0.3 is 10.2 Å². The van der Waals surface area contributed by atoms with Crippen LogP contribution in [0.3, 0.4) is 0 Å². The van der Waals surface area contributed by atoms with Crippen LogP contribution in [0, 0.1) is 5.92 Å². The summed E-state index contributed by atoms with van der Waals surface area (Å²) < 4.78 is 0. The van der Waals surface area contributed by atoms with Gasteiger partial charge in [0.1, 0.15) is 0 Å². The van der Waals surface area contributed by atoms with Crippen LogP contribution in [-0.2, 0) is 9.59 Å². The molecule has 0 saturated heterocycles. The monoisotopic (exact) mass is 546 g/mol. The Labute approximate surface area is 241 Å². The molecule has 0 aliphatic heterocycles. The number of hydrogen-bond donors (Lipinski definition) is 2. The maximum atomic E-state index is 10.3. The van der Waals surface area contributed by atoms with Crippen molar-refractivity contribution >= 4 is 11.9 Å². The number of hydrogen-bond acceptors (Lipinski definition) is 2. The van der Waals surface area contributed by atoms with Gasteiger partial charge in [-0.2, -0.15) is 0 Å². The smallest absolute Gasteiger partial charge is 0.303 e. The van der Waals surface area contributed by atoms with Gasteiger partial charge in [0.15, 0.2) is 0 Å². The minimum atomic E-state index is -0.655. The lowest BCUT2D eigenvalue weighted by Crippen LogP contribution is -1.93. The fourth-order valence-electron chi connectivity index (χ4n) is 5.86. The second-order valence-electron chi connectivity index (χ2n) is 12.1. The van der Waals surface area contributed by atoms with Gasteiger partial charge in [-0.15, -0.1) is 0 Å². The number of aliphatic carboxylic acids is 2. The summed E-state index contributed by atoms with van der Waals surface area (Å²) >= 11 is 0. The van der Waals surface area contributed by atoms with E-state index >= 15 is 0 Å². The third-order valence-corrected chi connectivity index (χ3v) is 8.35. The van der Waals surface area contributed by atoms with Crippen molar-refractivity contribution in [2.24, 2.45) is 5.92 Å². The van der Waals surface area contributed by atoms with E-state index in [1.807, 2.05) is 0 Å². The van der Waals surface area contributed by atoms with E-state index in [4.69, 9.17) is 10.2 Å². The summed E-state index contributed by atoms with van der Waals surface area (Å²) in [6, 6.07) is 0. The topological polar surface area (TPSA) is 74.6 Å². The van der Waals surface area contributed by atoms with Crippen molar-refractivity contribution in [2.45, 2.75) is 180 Å². The molecule has 2 N–H and O–H groups in total. The second-order valence-corrected chi connectivity index (χ2v) is 12.1. The quantitative estimate of drug-likeness (QED) is 0.0882. The van der Waals surface area contributed by atoms with Crippen molar-refractivity contribution in [3.8, 4) is 0 Å². The first-order chi connectivity index (χ1) is 19.1. The Bertz CT molecular complexity index is 651. The largest absolute Gasteiger partial charge is 0.481 e. The Morgan fingerprint density at radius 3 is 1.49 bits per heavy atom. The van der Waals surface area contributed by atoms with Gasteiger partial charge in [0.25, 0.3) is 0 Å². The Morgan fingerprint density at radius 1 is 0.615 bits per heavy atom. The van der Waals surface area contributed by atoms with Gasteiger partial charge >= 0.3 is 11.9 Å². The van der Waals surface area contributed by atoms with Crippen LogP contribution in [0.2, 0.25) is 0 Å². The molecule has 0 heterocycles. The molecule has 0 aromatic heterocycles. The van der Waals surface area contributed by atoms with Gasteiger partial charge in [-0.25, -0.2) is 0 Å².